The highest BCUT2D eigenvalue weighted by Crippen LogP contribution is 2.39. The molecule has 0 bridgehead atoms. The van der Waals surface area contributed by atoms with Gasteiger partial charge in [0.1, 0.15) is 6.17 Å². The van der Waals surface area contributed by atoms with Crippen LogP contribution in [0.1, 0.15) is 38.8 Å². The summed E-state index contributed by atoms with van der Waals surface area (Å²) in [7, 11) is 0. The Morgan fingerprint density at radius 2 is 1.54 bits per heavy atom. The second-order valence-corrected chi connectivity index (χ2v) is 6.89. The van der Waals surface area contributed by atoms with Gasteiger partial charge in [0.25, 0.3) is 5.91 Å². The number of aryl methyl sites for hydroxylation is 3. The summed E-state index contributed by atoms with van der Waals surface area (Å²) < 4.78 is 0. The third-order valence-electron chi connectivity index (χ3n) is 5.15. The van der Waals surface area contributed by atoms with Gasteiger partial charge in [0.05, 0.1) is 0 Å². The molecule has 0 unspecified atom stereocenters. The SMILES string of the molecule is Cc1ccc(N[C@@H]2c3ccccc3C(=O)N2c2ccccc2C)cc1C. The predicted octanol–water partition coefficient (Wildman–Crippen LogP) is 5.38. The van der Waals surface area contributed by atoms with E-state index >= 15 is 0 Å². The van der Waals surface area contributed by atoms with Crippen molar-refractivity contribution in [2.45, 2.75) is 26.9 Å². The molecular formula is C23H22N2O. The fraction of sp³-hybridized carbons (Fsp3) is 0.174. The maximum Gasteiger partial charge on any atom is 0.260 e. The van der Waals surface area contributed by atoms with Crippen molar-refractivity contribution in [3.63, 3.8) is 0 Å². The Morgan fingerprint density at radius 3 is 2.31 bits per heavy atom. The molecule has 3 nitrogen and oxygen atoms in total. The molecule has 0 saturated carbocycles. The topological polar surface area (TPSA) is 32.3 Å². The monoisotopic (exact) mass is 342 g/mol. The van der Waals surface area contributed by atoms with Crippen LogP contribution in [0, 0.1) is 20.8 Å². The minimum Gasteiger partial charge on any atom is -0.361 e. The van der Waals surface area contributed by atoms with Crippen LogP contribution in [-0.2, 0) is 0 Å². The fourth-order valence-corrected chi connectivity index (χ4v) is 3.53. The first kappa shape index (κ1) is 16.4. The summed E-state index contributed by atoms with van der Waals surface area (Å²) in [6, 6.07) is 22.2. The summed E-state index contributed by atoms with van der Waals surface area (Å²) in [4.78, 5) is 15.0. The number of fused-ring (bicyclic) bond motifs is 1. The van der Waals surface area contributed by atoms with Crippen LogP contribution in [0.2, 0.25) is 0 Å². The van der Waals surface area contributed by atoms with E-state index in [1.807, 2.05) is 60.4 Å². The van der Waals surface area contributed by atoms with Crippen LogP contribution >= 0.6 is 0 Å². The third kappa shape index (κ3) is 2.66. The quantitative estimate of drug-likeness (QED) is 0.693. The lowest BCUT2D eigenvalue weighted by molar-refractivity contribution is 0.0993. The summed E-state index contributed by atoms with van der Waals surface area (Å²) in [5.41, 5.74) is 7.30. The minimum atomic E-state index is -0.220. The summed E-state index contributed by atoms with van der Waals surface area (Å²) in [5.74, 6) is 0.0382. The summed E-state index contributed by atoms with van der Waals surface area (Å²) in [6.07, 6.45) is -0.220. The number of hydrogen-bond acceptors (Lipinski definition) is 2. The first-order chi connectivity index (χ1) is 12.6. The van der Waals surface area contributed by atoms with Crippen molar-refractivity contribution in [1.29, 1.82) is 0 Å². The predicted molar refractivity (Wildman–Crippen MR) is 107 cm³/mol. The maximum absolute atomic E-state index is 13.2. The zero-order valence-corrected chi connectivity index (χ0v) is 15.3. The van der Waals surface area contributed by atoms with Gasteiger partial charge in [-0.1, -0.05) is 42.5 Å². The molecule has 1 heterocycles. The van der Waals surface area contributed by atoms with Gasteiger partial charge < -0.3 is 5.32 Å². The lowest BCUT2D eigenvalue weighted by Crippen LogP contribution is -2.32. The van der Waals surface area contributed by atoms with Gasteiger partial charge in [0.15, 0.2) is 0 Å². The van der Waals surface area contributed by atoms with E-state index in [4.69, 9.17) is 0 Å². The van der Waals surface area contributed by atoms with E-state index in [1.54, 1.807) is 0 Å². The third-order valence-corrected chi connectivity index (χ3v) is 5.15. The number of nitrogens with zero attached hydrogens (tertiary/aromatic N) is 1. The van der Waals surface area contributed by atoms with Crippen LogP contribution in [0.25, 0.3) is 0 Å². The van der Waals surface area contributed by atoms with E-state index in [-0.39, 0.29) is 12.1 Å². The molecule has 130 valence electrons. The van der Waals surface area contributed by atoms with Crippen LogP contribution in [0.4, 0.5) is 11.4 Å². The van der Waals surface area contributed by atoms with Crippen molar-refractivity contribution in [2.24, 2.45) is 0 Å². The van der Waals surface area contributed by atoms with Crippen LogP contribution in [-0.4, -0.2) is 5.91 Å². The molecule has 4 rings (SSSR count). The second kappa shape index (κ2) is 6.34. The smallest absolute Gasteiger partial charge is 0.260 e. The molecule has 1 atom stereocenters. The van der Waals surface area contributed by atoms with E-state index in [9.17, 15) is 4.79 Å². The number of amides is 1. The van der Waals surface area contributed by atoms with Crippen LogP contribution in [0.5, 0.6) is 0 Å². The van der Waals surface area contributed by atoms with Crippen LogP contribution in [0.3, 0.4) is 0 Å². The Balaban J connectivity index is 1.81. The van der Waals surface area contributed by atoms with Gasteiger partial charge >= 0.3 is 0 Å². The number of anilines is 2. The zero-order chi connectivity index (χ0) is 18.3. The summed E-state index contributed by atoms with van der Waals surface area (Å²) in [6.45, 7) is 6.25. The Bertz CT molecular complexity index is 993. The molecule has 3 aromatic carbocycles. The Kier molecular flexibility index (Phi) is 4.00. The highest BCUT2D eigenvalue weighted by Gasteiger charge is 2.38. The van der Waals surface area contributed by atoms with Crippen molar-refractivity contribution in [3.8, 4) is 0 Å². The molecule has 1 aliphatic heterocycles. The zero-order valence-electron chi connectivity index (χ0n) is 15.3. The van der Waals surface area contributed by atoms with Gasteiger partial charge in [-0.2, -0.15) is 0 Å². The Labute approximate surface area is 154 Å². The number of carbonyl (C=O) groups excluding carboxylic acids is 1. The molecular weight excluding hydrogens is 320 g/mol. The standard InChI is InChI=1S/C23H22N2O/c1-15-12-13-18(14-17(15)3)24-22-19-9-5-6-10-20(19)23(26)25(22)21-11-7-4-8-16(21)2/h4-14,22,24H,1-3H3/t22-/m0/s1. The highest BCUT2D eigenvalue weighted by molar-refractivity contribution is 6.11. The lowest BCUT2D eigenvalue weighted by Gasteiger charge is -2.28. The van der Waals surface area contributed by atoms with Crippen molar-refractivity contribution in [2.75, 3.05) is 10.2 Å². The average Bonchev–Trinajstić information content (AvgIpc) is 2.91. The summed E-state index contributed by atoms with van der Waals surface area (Å²) >= 11 is 0. The second-order valence-electron chi connectivity index (χ2n) is 6.89. The van der Waals surface area contributed by atoms with Gasteiger partial charge in [-0.05, 0) is 61.7 Å². The first-order valence-corrected chi connectivity index (χ1v) is 8.88. The van der Waals surface area contributed by atoms with Gasteiger partial charge in [0, 0.05) is 22.5 Å². The number of carbonyl (C=O) groups is 1. The molecule has 0 radical (unpaired) electrons. The van der Waals surface area contributed by atoms with E-state index < -0.39 is 0 Å². The number of rotatable bonds is 3. The van der Waals surface area contributed by atoms with Crippen LogP contribution in [0.15, 0.2) is 66.7 Å². The molecule has 0 aromatic heterocycles. The number of para-hydroxylation sites is 1. The number of benzene rings is 3. The molecule has 3 heteroatoms. The first-order valence-electron chi connectivity index (χ1n) is 8.88. The molecule has 3 aromatic rings. The highest BCUT2D eigenvalue weighted by atomic mass is 16.2. The van der Waals surface area contributed by atoms with Gasteiger partial charge in [-0.3, -0.25) is 9.69 Å². The molecule has 0 aliphatic carbocycles. The largest absolute Gasteiger partial charge is 0.361 e. The molecule has 1 N–H and O–H groups in total. The van der Waals surface area contributed by atoms with E-state index in [2.05, 4.69) is 37.4 Å². The number of nitrogens with one attached hydrogen (secondary N) is 1. The van der Waals surface area contributed by atoms with Crippen molar-refractivity contribution < 1.29 is 4.79 Å². The van der Waals surface area contributed by atoms with Gasteiger partial charge in [-0.15, -0.1) is 0 Å². The van der Waals surface area contributed by atoms with Gasteiger partial charge in [0.2, 0.25) is 0 Å². The molecule has 26 heavy (non-hydrogen) atoms. The Morgan fingerprint density at radius 1 is 0.808 bits per heavy atom. The van der Waals surface area contributed by atoms with Crippen LogP contribution < -0.4 is 10.2 Å². The van der Waals surface area contributed by atoms with Crippen molar-refractivity contribution >= 4 is 17.3 Å². The summed E-state index contributed by atoms with van der Waals surface area (Å²) in [5, 5.41) is 3.58. The molecule has 1 amide bonds. The minimum absolute atomic E-state index is 0.0382. The van der Waals surface area contributed by atoms with E-state index in [0.717, 1.165) is 28.1 Å². The van der Waals surface area contributed by atoms with Crippen molar-refractivity contribution in [1.82, 2.24) is 0 Å². The molecule has 1 aliphatic rings. The van der Waals surface area contributed by atoms with E-state index in [0.29, 0.717) is 0 Å². The average molecular weight is 342 g/mol. The molecule has 0 fully saturated rings. The van der Waals surface area contributed by atoms with Crippen molar-refractivity contribution in [3.05, 3.63) is 94.5 Å². The fourth-order valence-electron chi connectivity index (χ4n) is 3.53. The van der Waals surface area contributed by atoms with Gasteiger partial charge in [-0.25, -0.2) is 0 Å². The van der Waals surface area contributed by atoms with E-state index in [1.165, 1.54) is 11.1 Å². The lowest BCUT2D eigenvalue weighted by atomic mass is 10.1. The molecule has 0 spiro atoms. The maximum atomic E-state index is 13.2. The normalized spacial score (nSPS) is 15.9. The number of hydrogen-bond donors (Lipinski definition) is 1. The molecule has 0 saturated heterocycles. The Hall–Kier alpha value is -3.07.